The fraction of sp³-hybridized carbons (Fsp3) is 0.857. The second kappa shape index (κ2) is 6.34. The van der Waals surface area contributed by atoms with Gasteiger partial charge in [0.15, 0.2) is 9.84 Å². The normalized spacial score (nSPS) is 31.8. The van der Waals surface area contributed by atoms with E-state index in [9.17, 15) is 18.0 Å². The molecule has 6 nitrogen and oxygen atoms in total. The van der Waals surface area contributed by atoms with Crippen LogP contribution < -0.4 is 0 Å². The molecule has 0 radical (unpaired) electrons. The van der Waals surface area contributed by atoms with Crippen LogP contribution in [0.1, 0.15) is 39.0 Å². The van der Waals surface area contributed by atoms with Gasteiger partial charge < -0.3 is 10.0 Å². The number of sulfone groups is 1. The van der Waals surface area contributed by atoms with Gasteiger partial charge in [-0.25, -0.2) is 8.42 Å². The lowest BCUT2D eigenvalue weighted by atomic mass is 9.80. The first-order valence-corrected chi connectivity index (χ1v) is 9.40. The van der Waals surface area contributed by atoms with E-state index in [1.165, 1.54) is 0 Å². The first-order valence-electron chi connectivity index (χ1n) is 7.57. The number of aliphatic carboxylic acids is 1. The maximum Gasteiger partial charge on any atom is 0.306 e. The Morgan fingerprint density at radius 1 is 1.19 bits per heavy atom. The summed E-state index contributed by atoms with van der Waals surface area (Å²) in [6.45, 7) is 2.33. The van der Waals surface area contributed by atoms with Crippen LogP contribution in [0.2, 0.25) is 0 Å². The van der Waals surface area contributed by atoms with Crippen molar-refractivity contribution < 1.29 is 23.1 Å². The first kappa shape index (κ1) is 16.3. The van der Waals surface area contributed by atoms with Gasteiger partial charge in [-0.2, -0.15) is 0 Å². The summed E-state index contributed by atoms with van der Waals surface area (Å²) in [7, 11) is -3.03. The maximum atomic E-state index is 12.6. The molecule has 1 saturated carbocycles. The Balaban J connectivity index is 2.04. The van der Waals surface area contributed by atoms with Gasteiger partial charge in [0.2, 0.25) is 5.91 Å². The molecule has 7 heteroatoms. The summed E-state index contributed by atoms with van der Waals surface area (Å²) in [4.78, 5) is 25.4. The van der Waals surface area contributed by atoms with Crippen molar-refractivity contribution >= 4 is 21.7 Å². The average molecular weight is 317 g/mol. The fourth-order valence-electron chi connectivity index (χ4n) is 3.49. The lowest BCUT2D eigenvalue weighted by Crippen LogP contribution is -2.45. The van der Waals surface area contributed by atoms with Crippen LogP contribution in [0.4, 0.5) is 0 Å². The van der Waals surface area contributed by atoms with Crippen molar-refractivity contribution in [3.8, 4) is 0 Å². The molecule has 0 aromatic carbocycles. The number of carbonyl (C=O) groups excluding carboxylic acids is 1. The number of carboxylic acid groups (broad SMARTS) is 1. The van der Waals surface area contributed by atoms with E-state index >= 15 is 0 Å². The first-order chi connectivity index (χ1) is 9.84. The van der Waals surface area contributed by atoms with Gasteiger partial charge in [0.05, 0.1) is 17.4 Å². The summed E-state index contributed by atoms with van der Waals surface area (Å²) in [5.74, 6) is -1.43. The molecule has 3 atom stereocenters. The van der Waals surface area contributed by atoms with E-state index in [2.05, 4.69) is 0 Å². The summed E-state index contributed by atoms with van der Waals surface area (Å²) < 4.78 is 23.2. The highest BCUT2D eigenvalue weighted by Crippen LogP contribution is 2.32. The van der Waals surface area contributed by atoms with Crippen molar-refractivity contribution in [1.29, 1.82) is 0 Å². The molecule has 3 unspecified atom stereocenters. The highest BCUT2D eigenvalue weighted by Gasteiger charge is 2.38. The van der Waals surface area contributed by atoms with Crippen molar-refractivity contribution in [1.82, 2.24) is 4.90 Å². The highest BCUT2D eigenvalue weighted by atomic mass is 32.2. The smallest absolute Gasteiger partial charge is 0.306 e. The summed E-state index contributed by atoms with van der Waals surface area (Å²) in [5.41, 5.74) is 0. The van der Waals surface area contributed by atoms with Crippen LogP contribution in [0.25, 0.3) is 0 Å². The highest BCUT2D eigenvalue weighted by molar-refractivity contribution is 7.91. The minimum absolute atomic E-state index is 0.0433. The van der Waals surface area contributed by atoms with E-state index in [0.717, 1.165) is 6.42 Å². The number of carboxylic acids is 1. The molecular formula is C14H23NO5S. The Kier molecular flexibility index (Phi) is 4.91. The second-order valence-electron chi connectivity index (χ2n) is 6.08. The second-order valence-corrected chi connectivity index (χ2v) is 8.31. The van der Waals surface area contributed by atoms with Crippen molar-refractivity contribution in [2.45, 2.75) is 45.1 Å². The number of hydrogen-bond donors (Lipinski definition) is 1. The van der Waals surface area contributed by atoms with Crippen LogP contribution in [0, 0.1) is 11.8 Å². The monoisotopic (exact) mass is 317 g/mol. The zero-order valence-corrected chi connectivity index (χ0v) is 13.1. The molecule has 2 aliphatic rings. The number of carbonyl (C=O) groups is 2. The summed E-state index contributed by atoms with van der Waals surface area (Å²) in [6.07, 6.45) is 2.96. The van der Waals surface area contributed by atoms with E-state index in [-0.39, 0.29) is 29.4 Å². The summed E-state index contributed by atoms with van der Waals surface area (Å²) in [6, 6.07) is -0.238. The molecule has 1 aliphatic carbocycles. The summed E-state index contributed by atoms with van der Waals surface area (Å²) in [5, 5.41) is 9.11. The van der Waals surface area contributed by atoms with E-state index in [0.29, 0.717) is 32.2 Å². The van der Waals surface area contributed by atoms with Gasteiger partial charge in [-0.15, -0.1) is 0 Å². The predicted octanol–water partition coefficient (Wildman–Crippen LogP) is 0.913. The Morgan fingerprint density at radius 2 is 1.86 bits per heavy atom. The molecular weight excluding hydrogens is 294 g/mol. The SMILES string of the molecule is CCN(C(=O)C1CCCC(C(=O)O)C1)C1CCS(=O)(=O)C1. The minimum Gasteiger partial charge on any atom is -0.481 e. The van der Waals surface area contributed by atoms with Gasteiger partial charge in [0, 0.05) is 18.5 Å². The molecule has 1 heterocycles. The number of rotatable bonds is 4. The van der Waals surface area contributed by atoms with Gasteiger partial charge in [-0.1, -0.05) is 6.42 Å². The van der Waals surface area contributed by atoms with E-state index in [4.69, 9.17) is 5.11 Å². The van der Waals surface area contributed by atoms with Gasteiger partial charge >= 0.3 is 5.97 Å². The van der Waals surface area contributed by atoms with Crippen LogP contribution >= 0.6 is 0 Å². The molecule has 120 valence electrons. The molecule has 21 heavy (non-hydrogen) atoms. The Hall–Kier alpha value is -1.11. The molecule has 2 fully saturated rings. The molecule has 1 N–H and O–H groups in total. The van der Waals surface area contributed by atoms with Crippen molar-refractivity contribution in [2.75, 3.05) is 18.1 Å². The third kappa shape index (κ3) is 3.75. The topological polar surface area (TPSA) is 91.8 Å². The van der Waals surface area contributed by atoms with Gasteiger partial charge in [0.25, 0.3) is 0 Å². The minimum atomic E-state index is -3.03. The number of nitrogens with zero attached hydrogens (tertiary/aromatic N) is 1. The number of hydrogen-bond acceptors (Lipinski definition) is 4. The molecule has 0 spiro atoms. The molecule has 0 aromatic rings. The van der Waals surface area contributed by atoms with Crippen LogP contribution in [0.3, 0.4) is 0 Å². The van der Waals surface area contributed by atoms with Gasteiger partial charge in [-0.3, -0.25) is 9.59 Å². The molecule has 0 aromatic heterocycles. The van der Waals surface area contributed by atoms with Gasteiger partial charge in [0.1, 0.15) is 0 Å². The average Bonchev–Trinajstić information content (AvgIpc) is 2.79. The van der Waals surface area contributed by atoms with E-state index < -0.39 is 21.7 Å². The number of amides is 1. The Labute approximate surface area is 125 Å². The zero-order valence-electron chi connectivity index (χ0n) is 12.3. The third-order valence-corrected chi connectivity index (χ3v) is 6.40. The Morgan fingerprint density at radius 3 is 2.38 bits per heavy atom. The van der Waals surface area contributed by atoms with Crippen LogP contribution in [-0.2, 0) is 19.4 Å². The van der Waals surface area contributed by atoms with Crippen molar-refractivity contribution in [2.24, 2.45) is 11.8 Å². The quantitative estimate of drug-likeness (QED) is 0.832. The zero-order chi connectivity index (χ0) is 15.6. The molecule has 1 amide bonds. The van der Waals surface area contributed by atoms with Crippen LogP contribution in [-0.4, -0.2) is 54.4 Å². The lowest BCUT2D eigenvalue weighted by Gasteiger charge is -2.33. The van der Waals surface area contributed by atoms with Crippen LogP contribution in [0.5, 0.6) is 0 Å². The third-order valence-electron chi connectivity index (χ3n) is 4.65. The van der Waals surface area contributed by atoms with Crippen molar-refractivity contribution in [3.63, 3.8) is 0 Å². The predicted molar refractivity (Wildman–Crippen MR) is 77.5 cm³/mol. The molecule has 1 saturated heterocycles. The standard InChI is InChI=1S/C14H23NO5S/c1-2-15(12-6-7-21(19,20)9-12)13(16)10-4-3-5-11(8-10)14(17)18/h10-12H,2-9H2,1H3,(H,17,18). The van der Waals surface area contributed by atoms with Crippen LogP contribution in [0.15, 0.2) is 0 Å². The largest absolute Gasteiger partial charge is 0.481 e. The van der Waals surface area contributed by atoms with Crippen molar-refractivity contribution in [3.05, 3.63) is 0 Å². The molecule has 0 bridgehead atoms. The maximum absolute atomic E-state index is 12.6. The molecule has 1 aliphatic heterocycles. The van der Waals surface area contributed by atoms with E-state index in [1.54, 1.807) is 4.90 Å². The summed E-state index contributed by atoms with van der Waals surface area (Å²) >= 11 is 0. The lowest BCUT2D eigenvalue weighted by molar-refractivity contribution is -0.146. The Bertz CT molecular complexity index is 515. The van der Waals surface area contributed by atoms with Gasteiger partial charge in [-0.05, 0) is 32.6 Å². The molecule has 2 rings (SSSR count). The van der Waals surface area contributed by atoms with E-state index in [1.807, 2.05) is 6.92 Å². The fourth-order valence-corrected chi connectivity index (χ4v) is 5.22.